The van der Waals surface area contributed by atoms with Crippen LogP contribution in [0.3, 0.4) is 0 Å². The van der Waals surface area contributed by atoms with Gasteiger partial charge in [-0.2, -0.15) is 0 Å². The highest BCUT2D eigenvalue weighted by Crippen LogP contribution is 2.25. The van der Waals surface area contributed by atoms with Crippen LogP contribution in [0.1, 0.15) is 40.5 Å². The quantitative estimate of drug-likeness (QED) is 0.317. The van der Waals surface area contributed by atoms with Gasteiger partial charge in [-0.1, -0.05) is 18.2 Å². The molecule has 0 aliphatic carbocycles. The summed E-state index contributed by atoms with van der Waals surface area (Å²) in [4.78, 5) is 32.2. The molecule has 1 aromatic carbocycles. The molecule has 3 aromatic rings. The van der Waals surface area contributed by atoms with E-state index in [0.29, 0.717) is 56.3 Å². The molecule has 0 saturated carbocycles. The molecule has 8 heteroatoms. The zero-order chi connectivity index (χ0) is 25.3. The van der Waals surface area contributed by atoms with Crippen molar-refractivity contribution in [1.29, 1.82) is 0 Å². The number of rotatable bonds is 10. The first-order chi connectivity index (χ1) is 17.6. The summed E-state index contributed by atoms with van der Waals surface area (Å²) in [6, 6.07) is 13.4. The number of fused-ring (bicyclic) bond motifs is 1. The second-order valence-electron chi connectivity index (χ2n) is 8.73. The number of hydrogen-bond acceptors (Lipinski definition) is 7. The van der Waals surface area contributed by atoms with Gasteiger partial charge in [0.1, 0.15) is 17.1 Å². The van der Waals surface area contributed by atoms with E-state index in [0.717, 1.165) is 36.3 Å². The van der Waals surface area contributed by atoms with E-state index in [9.17, 15) is 9.59 Å². The monoisotopic (exact) mass is 491 g/mol. The number of aryl methyl sites for hydroxylation is 1. The molecule has 0 saturated heterocycles. The van der Waals surface area contributed by atoms with Gasteiger partial charge < -0.3 is 18.8 Å². The molecule has 36 heavy (non-hydrogen) atoms. The molecule has 3 heterocycles. The summed E-state index contributed by atoms with van der Waals surface area (Å²) in [7, 11) is 1.35. The van der Waals surface area contributed by atoms with Gasteiger partial charge in [0.2, 0.25) is 0 Å². The number of pyridine rings is 2. The third-order valence-corrected chi connectivity index (χ3v) is 6.28. The van der Waals surface area contributed by atoms with E-state index < -0.39 is 5.97 Å². The Morgan fingerprint density at radius 3 is 2.69 bits per heavy atom. The maximum Gasteiger partial charge on any atom is 0.343 e. The first-order valence-electron chi connectivity index (χ1n) is 12.4. The normalized spacial score (nSPS) is 13.5. The Morgan fingerprint density at radius 2 is 1.92 bits per heavy atom. The van der Waals surface area contributed by atoms with Crippen LogP contribution in [-0.4, -0.2) is 53.8 Å². The Labute approximate surface area is 211 Å². The Balaban J connectivity index is 1.49. The predicted molar refractivity (Wildman–Crippen MR) is 137 cm³/mol. The molecule has 2 aromatic heterocycles. The molecule has 8 nitrogen and oxygen atoms in total. The summed E-state index contributed by atoms with van der Waals surface area (Å²) in [6.07, 6.45) is 5.64. The van der Waals surface area contributed by atoms with E-state index in [2.05, 4.69) is 16.0 Å². The fourth-order valence-electron chi connectivity index (χ4n) is 4.55. The van der Waals surface area contributed by atoms with Gasteiger partial charge in [-0.15, -0.1) is 0 Å². The smallest absolute Gasteiger partial charge is 0.343 e. The van der Waals surface area contributed by atoms with E-state index in [1.807, 2.05) is 43.5 Å². The maximum absolute atomic E-state index is 13.0. The molecule has 0 unspecified atom stereocenters. The lowest BCUT2D eigenvalue weighted by atomic mass is 10.1. The fraction of sp³-hybridized carbons (Fsp3) is 0.393. The van der Waals surface area contributed by atoms with Gasteiger partial charge in [0, 0.05) is 56.8 Å². The maximum atomic E-state index is 13.0. The molecular weight excluding hydrogens is 458 g/mol. The van der Waals surface area contributed by atoms with Crippen LogP contribution >= 0.6 is 0 Å². The first-order valence-corrected chi connectivity index (χ1v) is 12.4. The molecule has 0 N–H and O–H groups in total. The van der Waals surface area contributed by atoms with Crippen LogP contribution in [0.25, 0.3) is 0 Å². The second-order valence-corrected chi connectivity index (χ2v) is 8.73. The van der Waals surface area contributed by atoms with Crippen LogP contribution < -0.4 is 15.0 Å². The Hall–Kier alpha value is -3.65. The molecular formula is C28H33N3O5. The summed E-state index contributed by atoms with van der Waals surface area (Å²) in [6.45, 7) is 5.58. The second kappa shape index (κ2) is 12.4. The third kappa shape index (κ3) is 6.31. The van der Waals surface area contributed by atoms with Crippen LogP contribution in [0.4, 0.5) is 0 Å². The van der Waals surface area contributed by atoms with Crippen molar-refractivity contribution in [3.8, 4) is 11.5 Å². The van der Waals surface area contributed by atoms with Crippen LogP contribution in [-0.2, 0) is 30.7 Å². The molecule has 1 aliphatic rings. The molecule has 1 aliphatic heterocycles. The van der Waals surface area contributed by atoms with E-state index in [1.165, 1.54) is 13.2 Å². The average Bonchev–Trinajstić information content (AvgIpc) is 3.10. The first kappa shape index (κ1) is 25.4. The van der Waals surface area contributed by atoms with E-state index in [4.69, 9.17) is 14.2 Å². The minimum atomic E-state index is -0.487. The van der Waals surface area contributed by atoms with Gasteiger partial charge in [-0.3, -0.25) is 14.7 Å². The van der Waals surface area contributed by atoms with Crippen LogP contribution in [0, 0.1) is 0 Å². The molecule has 0 radical (unpaired) electrons. The third-order valence-electron chi connectivity index (χ3n) is 6.28. The van der Waals surface area contributed by atoms with Crippen LogP contribution in [0.2, 0.25) is 0 Å². The zero-order valence-electron chi connectivity index (χ0n) is 20.9. The van der Waals surface area contributed by atoms with Crippen molar-refractivity contribution in [3.63, 3.8) is 0 Å². The van der Waals surface area contributed by atoms with Crippen molar-refractivity contribution < 1.29 is 19.0 Å². The SMILES string of the molecule is CCOc1cccc(CN2CCc3c(C(=O)OC)c(OCCCc4cccnc4)cc(=O)n3CC2)c1. The number of esters is 1. The molecule has 0 amide bonds. The van der Waals surface area contributed by atoms with Gasteiger partial charge in [-0.05, 0) is 49.1 Å². The number of carbonyl (C=O) groups is 1. The van der Waals surface area contributed by atoms with Crippen LogP contribution in [0.15, 0.2) is 59.7 Å². The number of nitrogens with zero attached hydrogens (tertiary/aromatic N) is 3. The number of aromatic nitrogens is 2. The lowest BCUT2D eigenvalue weighted by Gasteiger charge is -2.19. The van der Waals surface area contributed by atoms with Crippen molar-refractivity contribution in [1.82, 2.24) is 14.5 Å². The summed E-state index contributed by atoms with van der Waals surface area (Å²) in [5.41, 5.74) is 3.11. The largest absolute Gasteiger partial charge is 0.494 e. The van der Waals surface area contributed by atoms with Gasteiger partial charge in [0.05, 0.1) is 20.3 Å². The predicted octanol–water partition coefficient (Wildman–Crippen LogP) is 3.50. The van der Waals surface area contributed by atoms with Gasteiger partial charge >= 0.3 is 5.97 Å². The Bertz CT molecular complexity index is 1230. The summed E-state index contributed by atoms with van der Waals surface area (Å²) in [5, 5.41) is 0. The average molecular weight is 492 g/mol. The lowest BCUT2D eigenvalue weighted by Crippen LogP contribution is -2.29. The molecule has 0 atom stereocenters. The zero-order valence-corrected chi connectivity index (χ0v) is 20.9. The number of benzene rings is 1. The molecule has 0 bridgehead atoms. The molecule has 190 valence electrons. The molecule has 0 spiro atoms. The van der Waals surface area contributed by atoms with E-state index in [1.54, 1.807) is 10.8 Å². The number of carbonyl (C=O) groups excluding carboxylic acids is 1. The Morgan fingerprint density at radius 1 is 1.06 bits per heavy atom. The number of hydrogen-bond donors (Lipinski definition) is 0. The lowest BCUT2D eigenvalue weighted by molar-refractivity contribution is 0.0593. The standard InChI is InChI=1S/C28H33N3O5/c1-3-35-23-10-4-7-22(17-23)20-30-13-11-24-27(28(33)34-2)25(18-26(32)31(24)15-14-30)36-16-6-9-21-8-5-12-29-19-21/h4-5,7-8,10,12,17-19H,3,6,9,11,13-16,20H2,1-2H3. The number of ether oxygens (including phenoxy) is 3. The highest BCUT2D eigenvalue weighted by atomic mass is 16.5. The minimum absolute atomic E-state index is 0.167. The van der Waals surface area contributed by atoms with Crippen molar-refractivity contribution >= 4 is 5.97 Å². The van der Waals surface area contributed by atoms with Crippen molar-refractivity contribution in [3.05, 3.63) is 87.6 Å². The van der Waals surface area contributed by atoms with Gasteiger partial charge in [0.15, 0.2) is 0 Å². The minimum Gasteiger partial charge on any atom is -0.494 e. The van der Waals surface area contributed by atoms with Crippen molar-refractivity contribution in [2.24, 2.45) is 0 Å². The van der Waals surface area contributed by atoms with Gasteiger partial charge in [-0.25, -0.2) is 4.79 Å². The number of methoxy groups -OCH3 is 1. The summed E-state index contributed by atoms with van der Waals surface area (Å²) in [5.74, 6) is 0.656. The Kier molecular flexibility index (Phi) is 8.73. The fourth-order valence-corrected chi connectivity index (χ4v) is 4.55. The summed E-state index contributed by atoms with van der Waals surface area (Å²) < 4.78 is 18.4. The van der Waals surface area contributed by atoms with Gasteiger partial charge in [0.25, 0.3) is 5.56 Å². The van der Waals surface area contributed by atoms with Crippen LogP contribution in [0.5, 0.6) is 11.5 Å². The molecule has 4 rings (SSSR count). The van der Waals surface area contributed by atoms with E-state index >= 15 is 0 Å². The highest BCUT2D eigenvalue weighted by molar-refractivity contribution is 5.93. The van der Waals surface area contributed by atoms with Crippen molar-refractivity contribution in [2.75, 3.05) is 33.4 Å². The molecule has 0 fully saturated rings. The highest BCUT2D eigenvalue weighted by Gasteiger charge is 2.26. The topological polar surface area (TPSA) is 82.9 Å². The summed E-state index contributed by atoms with van der Waals surface area (Å²) >= 11 is 0. The van der Waals surface area contributed by atoms with Crippen molar-refractivity contribution in [2.45, 2.75) is 39.3 Å². The van der Waals surface area contributed by atoms with E-state index in [-0.39, 0.29) is 5.56 Å².